The van der Waals surface area contributed by atoms with E-state index in [9.17, 15) is 4.79 Å². The third-order valence-electron chi connectivity index (χ3n) is 7.13. The van der Waals surface area contributed by atoms with Gasteiger partial charge >= 0.3 is 5.97 Å². The topological polar surface area (TPSA) is 55.8 Å². The van der Waals surface area contributed by atoms with Crippen LogP contribution in [0, 0.1) is 10.8 Å². The molecule has 0 bridgehead atoms. The van der Waals surface area contributed by atoms with E-state index >= 15 is 0 Å². The van der Waals surface area contributed by atoms with Gasteiger partial charge in [0.2, 0.25) is 0 Å². The molecule has 144 valence electrons. The van der Waals surface area contributed by atoms with Crippen molar-refractivity contribution in [1.82, 2.24) is 0 Å². The van der Waals surface area contributed by atoms with Crippen molar-refractivity contribution in [3.8, 4) is 11.5 Å². The molecular formula is C24H24O4. The Bertz CT molecular complexity index is 933. The lowest BCUT2D eigenvalue weighted by Crippen LogP contribution is -2.46. The van der Waals surface area contributed by atoms with Gasteiger partial charge in [0.05, 0.1) is 12.2 Å². The van der Waals surface area contributed by atoms with Gasteiger partial charge in [0.15, 0.2) is 0 Å². The highest BCUT2D eigenvalue weighted by Crippen LogP contribution is 2.87. The first-order valence-electron chi connectivity index (χ1n) is 9.96. The zero-order chi connectivity index (χ0) is 19.2. The second-order valence-electron chi connectivity index (χ2n) is 8.38. The van der Waals surface area contributed by atoms with Crippen LogP contribution in [0.1, 0.15) is 37.7 Å². The number of aliphatic carboxylic acids is 1. The molecule has 0 aromatic heterocycles. The predicted molar refractivity (Wildman–Crippen MR) is 105 cm³/mol. The molecule has 0 amide bonds. The van der Waals surface area contributed by atoms with Crippen molar-refractivity contribution in [1.29, 1.82) is 0 Å². The predicted octanol–water partition coefficient (Wildman–Crippen LogP) is 5.30. The molecule has 3 aliphatic rings. The van der Waals surface area contributed by atoms with Crippen LogP contribution in [0.5, 0.6) is 11.5 Å². The zero-order valence-corrected chi connectivity index (χ0v) is 15.8. The van der Waals surface area contributed by atoms with E-state index in [1.54, 1.807) is 6.08 Å². The Morgan fingerprint density at radius 3 is 2.68 bits per heavy atom. The van der Waals surface area contributed by atoms with Crippen LogP contribution in [0.3, 0.4) is 0 Å². The highest BCUT2D eigenvalue weighted by molar-refractivity contribution is 5.79. The van der Waals surface area contributed by atoms with Crippen molar-refractivity contribution in [2.24, 2.45) is 10.8 Å². The second-order valence-corrected chi connectivity index (χ2v) is 8.38. The molecule has 4 heteroatoms. The van der Waals surface area contributed by atoms with Crippen LogP contribution in [0.25, 0.3) is 0 Å². The summed E-state index contributed by atoms with van der Waals surface area (Å²) in [5.41, 5.74) is 1.46. The van der Waals surface area contributed by atoms with Crippen LogP contribution in [-0.2, 0) is 15.1 Å². The van der Waals surface area contributed by atoms with Crippen molar-refractivity contribution in [2.45, 2.75) is 37.7 Å². The van der Waals surface area contributed by atoms with E-state index in [2.05, 4.69) is 18.2 Å². The SMILES string of the molecule is O=C(O)/C=C\CCC12COC3(c4cccc(Oc5ccccc5)c4)CCC13C2. The largest absolute Gasteiger partial charge is 0.478 e. The first-order chi connectivity index (χ1) is 13.6. The standard InChI is InChI=1S/C24H24O4/c25-21(26)11-4-5-12-22-16-23(22)13-14-24(23,27-17-22)18-7-6-10-20(15-18)28-19-8-2-1-3-9-19/h1-4,6-11,15H,5,12-14,16-17H2,(H,25,26)/b11-4-. The molecule has 4 nitrogen and oxygen atoms in total. The highest BCUT2D eigenvalue weighted by Gasteiger charge is 2.84. The van der Waals surface area contributed by atoms with Crippen LogP contribution >= 0.6 is 0 Å². The van der Waals surface area contributed by atoms with Crippen LogP contribution in [0.4, 0.5) is 0 Å². The summed E-state index contributed by atoms with van der Waals surface area (Å²) >= 11 is 0. The fourth-order valence-electron chi connectivity index (χ4n) is 5.66. The molecule has 1 N–H and O–H groups in total. The number of allylic oxidation sites excluding steroid dienone is 1. The number of carboxylic acids is 1. The number of para-hydroxylation sites is 1. The number of rotatable bonds is 7. The third kappa shape index (κ3) is 2.44. The minimum absolute atomic E-state index is 0.195. The van der Waals surface area contributed by atoms with Crippen molar-refractivity contribution in [3.63, 3.8) is 0 Å². The number of carbonyl (C=O) groups is 1. The Kier molecular flexibility index (Phi) is 3.88. The van der Waals surface area contributed by atoms with E-state index in [0.717, 1.165) is 37.4 Å². The fourth-order valence-corrected chi connectivity index (χ4v) is 5.66. The molecule has 0 radical (unpaired) electrons. The summed E-state index contributed by atoms with van der Waals surface area (Å²) in [7, 11) is 0. The van der Waals surface area contributed by atoms with E-state index in [4.69, 9.17) is 14.6 Å². The fraction of sp³-hybridized carbons (Fsp3) is 0.375. The molecule has 1 saturated heterocycles. The van der Waals surface area contributed by atoms with Crippen molar-refractivity contribution >= 4 is 5.97 Å². The van der Waals surface area contributed by atoms with Gasteiger partial charge in [-0.25, -0.2) is 4.79 Å². The van der Waals surface area contributed by atoms with E-state index < -0.39 is 5.97 Å². The van der Waals surface area contributed by atoms with Gasteiger partial charge in [-0.3, -0.25) is 0 Å². The van der Waals surface area contributed by atoms with Gasteiger partial charge in [0, 0.05) is 16.9 Å². The van der Waals surface area contributed by atoms with E-state index in [0.29, 0.717) is 0 Å². The van der Waals surface area contributed by atoms with Crippen molar-refractivity contribution in [3.05, 3.63) is 72.3 Å². The monoisotopic (exact) mass is 376 g/mol. The van der Waals surface area contributed by atoms with E-state index in [1.165, 1.54) is 24.5 Å². The average Bonchev–Trinajstić information content (AvgIpc) is 3.33. The third-order valence-corrected chi connectivity index (χ3v) is 7.13. The van der Waals surface area contributed by atoms with Gasteiger partial charge in [-0.2, -0.15) is 0 Å². The second kappa shape index (κ2) is 6.21. The summed E-state index contributed by atoms with van der Waals surface area (Å²) in [6, 6.07) is 18.2. The Labute approximate surface area is 164 Å². The molecule has 2 aliphatic carbocycles. The van der Waals surface area contributed by atoms with Crippen LogP contribution in [0.2, 0.25) is 0 Å². The summed E-state index contributed by atoms with van der Waals surface area (Å²) in [5.74, 6) is 0.795. The summed E-state index contributed by atoms with van der Waals surface area (Å²) in [6.45, 7) is 0.775. The normalized spacial score (nSPS) is 32.4. The summed E-state index contributed by atoms with van der Waals surface area (Å²) < 4.78 is 12.5. The van der Waals surface area contributed by atoms with Crippen LogP contribution in [-0.4, -0.2) is 17.7 Å². The van der Waals surface area contributed by atoms with Crippen molar-refractivity contribution < 1.29 is 19.4 Å². The Morgan fingerprint density at radius 1 is 1.11 bits per heavy atom. The lowest BCUT2D eigenvalue weighted by Gasteiger charge is -2.48. The molecule has 2 saturated carbocycles. The number of hydrogen-bond donors (Lipinski definition) is 1. The quantitative estimate of drug-likeness (QED) is 0.667. The maximum absolute atomic E-state index is 10.7. The molecule has 3 atom stereocenters. The molecule has 5 rings (SSSR count). The number of hydrogen-bond acceptors (Lipinski definition) is 3. The smallest absolute Gasteiger partial charge is 0.327 e. The van der Waals surface area contributed by atoms with Gasteiger partial charge < -0.3 is 14.6 Å². The first kappa shape index (κ1) is 17.5. The van der Waals surface area contributed by atoms with Gasteiger partial charge in [0.1, 0.15) is 11.5 Å². The van der Waals surface area contributed by atoms with Gasteiger partial charge in [-0.15, -0.1) is 0 Å². The van der Waals surface area contributed by atoms with Gasteiger partial charge in [-0.05, 0) is 61.9 Å². The van der Waals surface area contributed by atoms with E-state index in [-0.39, 0.29) is 16.4 Å². The molecule has 1 heterocycles. The molecule has 1 spiro atoms. The van der Waals surface area contributed by atoms with Crippen LogP contribution in [0.15, 0.2) is 66.7 Å². The molecule has 3 unspecified atom stereocenters. The van der Waals surface area contributed by atoms with Gasteiger partial charge in [0.25, 0.3) is 0 Å². The molecule has 28 heavy (non-hydrogen) atoms. The molecule has 3 fully saturated rings. The van der Waals surface area contributed by atoms with Gasteiger partial charge in [-0.1, -0.05) is 36.4 Å². The number of ether oxygens (including phenoxy) is 2. The summed E-state index contributed by atoms with van der Waals surface area (Å²) in [5, 5.41) is 8.78. The maximum Gasteiger partial charge on any atom is 0.327 e. The molecule has 2 aromatic carbocycles. The summed E-state index contributed by atoms with van der Waals surface area (Å²) in [4.78, 5) is 10.7. The Balaban J connectivity index is 1.35. The zero-order valence-electron chi connectivity index (χ0n) is 15.8. The Morgan fingerprint density at radius 2 is 1.93 bits per heavy atom. The van der Waals surface area contributed by atoms with Crippen LogP contribution < -0.4 is 4.74 Å². The number of benzene rings is 2. The molecule has 1 aliphatic heterocycles. The number of carboxylic acid groups (broad SMARTS) is 1. The molecule has 2 aromatic rings. The lowest BCUT2D eigenvalue weighted by atomic mass is 9.60. The lowest BCUT2D eigenvalue weighted by molar-refractivity contribution is -0.131. The summed E-state index contributed by atoms with van der Waals surface area (Å²) in [6.07, 6.45) is 8.25. The first-order valence-corrected chi connectivity index (χ1v) is 9.96. The molecular weight excluding hydrogens is 352 g/mol. The minimum Gasteiger partial charge on any atom is -0.478 e. The Hall–Kier alpha value is -2.59. The highest BCUT2D eigenvalue weighted by atomic mass is 16.5. The van der Waals surface area contributed by atoms with Crippen molar-refractivity contribution in [2.75, 3.05) is 6.61 Å². The average molecular weight is 376 g/mol. The van der Waals surface area contributed by atoms with E-state index in [1.807, 2.05) is 36.4 Å². The maximum atomic E-state index is 10.7. The minimum atomic E-state index is -0.876.